The Hall–Kier alpha value is -2.53. The van der Waals surface area contributed by atoms with Crippen molar-refractivity contribution >= 4 is 23.5 Å². The van der Waals surface area contributed by atoms with Gasteiger partial charge in [0, 0.05) is 5.02 Å². The Labute approximate surface area is 156 Å². The van der Waals surface area contributed by atoms with Gasteiger partial charge in [0.25, 0.3) is 0 Å². The van der Waals surface area contributed by atoms with Crippen molar-refractivity contribution in [2.75, 3.05) is 0 Å². The van der Waals surface area contributed by atoms with Gasteiger partial charge in [0.05, 0.1) is 11.8 Å². The fourth-order valence-electron chi connectivity index (χ4n) is 2.98. The average Bonchev–Trinajstić information content (AvgIpc) is 2.65. The molecule has 1 N–H and O–H groups in total. The molecule has 0 radical (unpaired) electrons. The molecule has 0 aromatic heterocycles. The van der Waals surface area contributed by atoms with Crippen LogP contribution in [-0.2, 0) is 9.59 Å². The van der Waals surface area contributed by atoms with Gasteiger partial charge < -0.3 is 14.6 Å². The zero-order valence-electron chi connectivity index (χ0n) is 14.1. The predicted molar refractivity (Wildman–Crippen MR) is 96.3 cm³/mol. The molecule has 1 aliphatic rings. The smallest absolute Gasteiger partial charge is 0.314 e. The molecule has 0 saturated heterocycles. The van der Waals surface area contributed by atoms with Gasteiger partial charge in [-0.05, 0) is 74.2 Å². The fraction of sp³-hybridized carbons (Fsp3) is 0.300. The van der Waals surface area contributed by atoms with Crippen molar-refractivity contribution in [2.45, 2.75) is 25.7 Å². The van der Waals surface area contributed by atoms with Crippen LogP contribution in [0.2, 0.25) is 5.02 Å². The van der Waals surface area contributed by atoms with E-state index >= 15 is 0 Å². The number of benzene rings is 2. The minimum absolute atomic E-state index is 0.115. The Balaban J connectivity index is 1.48. The van der Waals surface area contributed by atoms with E-state index < -0.39 is 0 Å². The lowest BCUT2D eigenvalue weighted by atomic mass is 9.82. The third kappa shape index (κ3) is 4.76. The van der Waals surface area contributed by atoms with Crippen LogP contribution in [0.25, 0.3) is 0 Å². The number of phenolic OH excluding ortho intramolecular Hbond substituents is 1. The van der Waals surface area contributed by atoms with Crippen molar-refractivity contribution in [3.8, 4) is 17.2 Å². The van der Waals surface area contributed by atoms with Crippen LogP contribution < -0.4 is 9.47 Å². The van der Waals surface area contributed by atoms with Crippen molar-refractivity contribution in [2.24, 2.45) is 11.8 Å². The number of phenols is 1. The molecule has 5 nitrogen and oxygen atoms in total. The first-order chi connectivity index (χ1) is 12.5. The normalized spacial score (nSPS) is 19.6. The lowest BCUT2D eigenvalue weighted by molar-refractivity contribution is -0.145. The molecule has 1 fully saturated rings. The summed E-state index contributed by atoms with van der Waals surface area (Å²) in [5.74, 6) is -0.0560. The monoisotopic (exact) mass is 374 g/mol. The van der Waals surface area contributed by atoms with E-state index in [0.29, 0.717) is 42.2 Å². The predicted octanol–water partition coefficient (Wildman–Crippen LogP) is 4.36. The number of hydrogen-bond donors (Lipinski definition) is 1. The summed E-state index contributed by atoms with van der Waals surface area (Å²) in [6.07, 6.45) is 2.33. The highest BCUT2D eigenvalue weighted by atomic mass is 35.5. The van der Waals surface area contributed by atoms with Gasteiger partial charge in [-0.1, -0.05) is 11.6 Å². The third-order valence-electron chi connectivity index (χ3n) is 4.48. The van der Waals surface area contributed by atoms with Crippen LogP contribution in [0.1, 0.15) is 25.7 Å². The van der Waals surface area contributed by atoms with Crippen molar-refractivity contribution < 1.29 is 24.2 Å². The molecule has 2 aromatic rings. The zero-order valence-corrected chi connectivity index (χ0v) is 14.8. The van der Waals surface area contributed by atoms with Gasteiger partial charge in [0.15, 0.2) is 0 Å². The summed E-state index contributed by atoms with van der Waals surface area (Å²) < 4.78 is 10.7. The number of carbonyl (C=O) groups is 2. The molecule has 26 heavy (non-hydrogen) atoms. The minimum Gasteiger partial charge on any atom is -0.508 e. The second kappa shape index (κ2) is 8.23. The van der Waals surface area contributed by atoms with E-state index in [1.807, 2.05) is 0 Å². The summed E-state index contributed by atoms with van der Waals surface area (Å²) >= 11 is 5.81. The summed E-state index contributed by atoms with van der Waals surface area (Å²) in [4.78, 5) is 24.5. The molecule has 1 aliphatic carbocycles. The van der Waals surface area contributed by atoms with Crippen molar-refractivity contribution in [3.63, 3.8) is 0 Å². The Morgan fingerprint density at radius 2 is 1.15 bits per heavy atom. The molecular weight excluding hydrogens is 356 g/mol. The van der Waals surface area contributed by atoms with Crippen LogP contribution in [0.4, 0.5) is 0 Å². The standard InChI is InChI=1S/C20H19ClO5/c21-15-5-9-17(10-6-15)25-19(23)13-1-3-14(4-2-13)20(24)26-18-11-7-16(22)8-12-18/h5-14,22H,1-4H2. The molecule has 0 heterocycles. The van der Waals surface area contributed by atoms with Gasteiger partial charge in [0.1, 0.15) is 17.2 Å². The summed E-state index contributed by atoms with van der Waals surface area (Å²) in [6, 6.07) is 12.7. The van der Waals surface area contributed by atoms with E-state index in [9.17, 15) is 14.7 Å². The first-order valence-corrected chi connectivity index (χ1v) is 8.87. The number of esters is 2. The maximum atomic E-state index is 12.3. The molecule has 0 atom stereocenters. The van der Waals surface area contributed by atoms with Crippen molar-refractivity contribution in [3.05, 3.63) is 53.6 Å². The van der Waals surface area contributed by atoms with Crippen LogP contribution in [0, 0.1) is 11.8 Å². The molecular formula is C20H19ClO5. The first kappa shape index (κ1) is 18.3. The number of carbonyl (C=O) groups excluding carboxylic acids is 2. The highest BCUT2D eigenvalue weighted by Gasteiger charge is 2.32. The number of aromatic hydroxyl groups is 1. The Kier molecular flexibility index (Phi) is 5.78. The Morgan fingerprint density at radius 1 is 0.769 bits per heavy atom. The lowest BCUT2D eigenvalue weighted by Gasteiger charge is -2.25. The molecule has 6 heteroatoms. The molecule has 136 valence electrons. The highest BCUT2D eigenvalue weighted by Crippen LogP contribution is 2.31. The van der Waals surface area contributed by atoms with Gasteiger partial charge in [-0.3, -0.25) is 9.59 Å². The number of ether oxygens (including phenoxy) is 2. The van der Waals surface area contributed by atoms with Crippen LogP contribution in [0.15, 0.2) is 48.5 Å². The first-order valence-electron chi connectivity index (χ1n) is 8.49. The summed E-state index contributed by atoms with van der Waals surface area (Å²) in [5.41, 5.74) is 0. The summed E-state index contributed by atoms with van der Waals surface area (Å²) in [6.45, 7) is 0. The van der Waals surface area contributed by atoms with Crippen molar-refractivity contribution in [1.29, 1.82) is 0 Å². The van der Waals surface area contributed by atoms with Crippen LogP contribution >= 0.6 is 11.6 Å². The van der Waals surface area contributed by atoms with E-state index in [4.69, 9.17) is 21.1 Å². The fourth-order valence-corrected chi connectivity index (χ4v) is 3.11. The van der Waals surface area contributed by atoms with Crippen LogP contribution in [-0.4, -0.2) is 17.0 Å². The Bertz CT molecular complexity index is 694. The van der Waals surface area contributed by atoms with Gasteiger partial charge in [-0.25, -0.2) is 0 Å². The third-order valence-corrected chi connectivity index (χ3v) is 4.73. The maximum absolute atomic E-state index is 12.3. The molecule has 2 aromatic carbocycles. The topological polar surface area (TPSA) is 72.8 Å². The van der Waals surface area contributed by atoms with Gasteiger partial charge in [0.2, 0.25) is 0 Å². The molecule has 3 rings (SSSR count). The van der Waals surface area contributed by atoms with Crippen LogP contribution in [0.3, 0.4) is 0 Å². The van der Waals surface area contributed by atoms with Crippen LogP contribution in [0.5, 0.6) is 17.2 Å². The molecule has 1 saturated carbocycles. The SMILES string of the molecule is O=C(Oc1ccc(O)cc1)C1CCC(C(=O)Oc2ccc(Cl)cc2)CC1. The second-order valence-corrected chi connectivity index (χ2v) is 6.77. The molecule has 0 amide bonds. The van der Waals surface area contributed by atoms with E-state index in [-0.39, 0.29) is 29.5 Å². The summed E-state index contributed by atoms with van der Waals surface area (Å²) in [5, 5.41) is 9.83. The Morgan fingerprint density at radius 3 is 1.58 bits per heavy atom. The molecule has 0 aliphatic heterocycles. The van der Waals surface area contributed by atoms with Crippen molar-refractivity contribution in [1.82, 2.24) is 0 Å². The van der Waals surface area contributed by atoms with Gasteiger partial charge >= 0.3 is 11.9 Å². The minimum atomic E-state index is -0.305. The highest BCUT2D eigenvalue weighted by molar-refractivity contribution is 6.30. The van der Waals surface area contributed by atoms with E-state index in [1.54, 1.807) is 36.4 Å². The van der Waals surface area contributed by atoms with E-state index in [1.165, 1.54) is 12.1 Å². The quantitative estimate of drug-likeness (QED) is 0.635. The maximum Gasteiger partial charge on any atom is 0.314 e. The van der Waals surface area contributed by atoms with Gasteiger partial charge in [-0.15, -0.1) is 0 Å². The lowest BCUT2D eigenvalue weighted by Crippen LogP contribution is -2.30. The molecule has 0 unspecified atom stereocenters. The molecule has 0 spiro atoms. The number of rotatable bonds is 4. The zero-order chi connectivity index (χ0) is 18.5. The van der Waals surface area contributed by atoms with E-state index in [2.05, 4.69) is 0 Å². The average molecular weight is 375 g/mol. The number of halogens is 1. The van der Waals surface area contributed by atoms with E-state index in [0.717, 1.165) is 0 Å². The summed E-state index contributed by atoms with van der Waals surface area (Å²) in [7, 11) is 0. The largest absolute Gasteiger partial charge is 0.508 e. The molecule has 0 bridgehead atoms. The second-order valence-electron chi connectivity index (χ2n) is 6.34. The van der Waals surface area contributed by atoms with Gasteiger partial charge in [-0.2, -0.15) is 0 Å². The number of hydrogen-bond acceptors (Lipinski definition) is 5.